The minimum Gasteiger partial charge on any atom is -0.506 e. The molecule has 0 unspecified atom stereocenters. The smallest absolute Gasteiger partial charge is 0.299 e. The van der Waals surface area contributed by atoms with E-state index in [4.69, 9.17) is 9.11 Å². The summed E-state index contributed by atoms with van der Waals surface area (Å²) in [7, 11) is -9.81. The minimum atomic E-state index is -4.96. The van der Waals surface area contributed by atoms with Crippen molar-refractivity contribution in [2.45, 2.75) is 16.7 Å². The number of phenolic OH excluding ortho intramolecular Hbond substituents is 1. The second kappa shape index (κ2) is 3.70. The Morgan fingerprint density at radius 2 is 1.50 bits per heavy atom. The monoisotopic (exact) mass is 268 g/mol. The van der Waals surface area contributed by atoms with Crippen LogP contribution in [-0.4, -0.2) is 31.0 Å². The zero-order chi connectivity index (χ0) is 12.7. The maximum absolute atomic E-state index is 10.9. The molecule has 0 radical (unpaired) electrons. The van der Waals surface area contributed by atoms with Gasteiger partial charge in [0.15, 0.2) is 4.90 Å². The van der Waals surface area contributed by atoms with E-state index >= 15 is 0 Å². The van der Waals surface area contributed by atoms with E-state index in [-0.39, 0.29) is 5.56 Å². The van der Waals surface area contributed by atoms with Gasteiger partial charge in [-0.2, -0.15) is 16.8 Å². The van der Waals surface area contributed by atoms with Gasteiger partial charge in [-0.1, -0.05) is 6.07 Å². The molecule has 0 atom stereocenters. The summed E-state index contributed by atoms with van der Waals surface area (Å²) in [5, 5.41) is 9.36. The molecule has 16 heavy (non-hydrogen) atoms. The van der Waals surface area contributed by atoms with Crippen LogP contribution in [0.25, 0.3) is 0 Å². The molecule has 0 spiro atoms. The van der Waals surface area contributed by atoms with Gasteiger partial charge in [0.1, 0.15) is 10.6 Å². The number of hydrogen-bond acceptors (Lipinski definition) is 5. The lowest BCUT2D eigenvalue weighted by Gasteiger charge is -2.08. The van der Waals surface area contributed by atoms with Crippen molar-refractivity contribution in [2.24, 2.45) is 0 Å². The van der Waals surface area contributed by atoms with Gasteiger partial charge < -0.3 is 5.11 Å². The highest BCUT2D eigenvalue weighted by Gasteiger charge is 2.28. The third-order valence-corrected chi connectivity index (χ3v) is 3.79. The molecular weight excluding hydrogens is 260 g/mol. The van der Waals surface area contributed by atoms with Gasteiger partial charge in [0, 0.05) is 0 Å². The zero-order valence-electron chi connectivity index (χ0n) is 7.95. The van der Waals surface area contributed by atoms with Crippen molar-refractivity contribution in [1.82, 2.24) is 0 Å². The largest absolute Gasteiger partial charge is 0.506 e. The van der Waals surface area contributed by atoms with E-state index in [1.54, 1.807) is 0 Å². The maximum Gasteiger partial charge on any atom is 0.299 e. The van der Waals surface area contributed by atoms with Crippen LogP contribution in [0.4, 0.5) is 0 Å². The fourth-order valence-corrected chi connectivity index (χ4v) is 3.03. The van der Waals surface area contributed by atoms with Gasteiger partial charge in [-0.25, -0.2) is 0 Å². The van der Waals surface area contributed by atoms with Crippen LogP contribution in [0, 0.1) is 6.92 Å². The van der Waals surface area contributed by atoms with Crippen LogP contribution in [0.15, 0.2) is 21.9 Å². The lowest BCUT2D eigenvalue weighted by molar-refractivity contribution is 0.428. The van der Waals surface area contributed by atoms with Crippen LogP contribution >= 0.6 is 0 Å². The summed E-state index contributed by atoms with van der Waals surface area (Å²) >= 11 is 0. The van der Waals surface area contributed by atoms with E-state index in [2.05, 4.69) is 0 Å². The Labute approximate surface area is 91.8 Å². The lowest BCUT2D eigenvalue weighted by atomic mass is 10.2. The first-order chi connectivity index (χ1) is 7.05. The fourth-order valence-electron chi connectivity index (χ4n) is 1.10. The third kappa shape index (κ3) is 2.32. The lowest BCUT2D eigenvalue weighted by Crippen LogP contribution is -2.09. The SMILES string of the molecule is Cc1ccc(S(=O)(=O)O)c(S(=O)(=O)O)c1O. The second-order valence-electron chi connectivity index (χ2n) is 3.01. The molecule has 0 aliphatic carbocycles. The molecule has 0 saturated heterocycles. The van der Waals surface area contributed by atoms with Gasteiger partial charge in [-0.05, 0) is 18.6 Å². The van der Waals surface area contributed by atoms with Crippen LogP contribution in [-0.2, 0) is 20.2 Å². The average Bonchev–Trinajstić information content (AvgIpc) is 2.05. The number of aromatic hydroxyl groups is 1. The molecule has 9 heteroatoms. The molecule has 0 heterocycles. The summed E-state index contributed by atoms with van der Waals surface area (Å²) in [6, 6.07) is 1.86. The number of aryl methyl sites for hydroxylation is 1. The van der Waals surface area contributed by atoms with Crippen molar-refractivity contribution >= 4 is 20.2 Å². The van der Waals surface area contributed by atoms with Gasteiger partial charge in [0.05, 0.1) is 0 Å². The van der Waals surface area contributed by atoms with Crippen molar-refractivity contribution in [3.63, 3.8) is 0 Å². The first-order valence-corrected chi connectivity index (χ1v) is 6.70. The molecule has 0 aromatic heterocycles. The van der Waals surface area contributed by atoms with Crippen LogP contribution in [0.2, 0.25) is 0 Å². The van der Waals surface area contributed by atoms with E-state index < -0.39 is 35.8 Å². The van der Waals surface area contributed by atoms with E-state index in [0.29, 0.717) is 0 Å². The van der Waals surface area contributed by atoms with Crippen LogP contribution in [0.5, 0.6) is 5.75 Å². The molecule has 0 fully saturated rings. The molecule has 0 amide bonds. The Kier molecular flexibility index (Phi) is 2.98. The van der Waals surface area contributed by atoms with E-state index in [0.717, 1.165) is 12.1 Å². The predicted octanol–water partition coefficient (Wildman–Crippen LogP) is 0.194. The summed E-state index contributed by atoms with van der Waals surface area (Å²) in [6.45, 7) is 1.30. The normalized spacial score (nSPS) is 12.7. The molecule has 90 valence electrons. The van der Waals surface area contributed by atoms with Gasteiger partial charge in [0.2, 0.25) is 0 Å². The van der Waals surface area contributed by atoms with Crippen molar-refractivity contribution < 1.29 is 31.0 Å². The molecular formula is C7H8O7S2. The number of hydrogen-bond donors (Lipinski definition) is 3. The Morgan fingerprint density at radius 3 is 1.88 bits per heavy atom. The Morgan fingerprint density at radius 1 is 1.00 bits per heavy atom. The molecule has 1 rings (SSSR count). The summed E-state index contributed by atoms with van der Waals surface area (Å²) in [5.41, 5.74) is 0.0417. The van der Waals surface area contributed by atoms with Gasteiger partial charge in [-0.3, -0.25) is 9.11 Å². The zero-order valence-corrected chi connectivity index (χ0v) is 9.58. The standard InChI is InChI=1S/C7H8O7S2/c1-4-2-3-5(15(9,10)11)7(6(4)8)16(12,13)14/h2-3,8H,1H3,(H,9,10,11)(H,12,13,14). The molecule has 3 N–H and O–H groups in total. The maximum atomic E-state index is 10.9. The van der Waals surface area contributed by atoms with Crippen LogP contribution in [0.1, 0.15) is 5.56 Å². The van der Waals surface area contributed by atoms with Crippen LogP contribution < -0.4 is 0 Å². The summed E-state index contributed by atoms with van der Waals surface area (Å²) in [5.74, 6) is -0.919. The highest BCUT2D eigenvalue weighted by Crippen LogP contribution is 2.32. The average molecular weight is 268 g/mol. The number of benzene rings is 1. The Bertz CT molecular complexity index is 627. The van der Waals surface area contributed by atoms with Gasteiger partial charge in [-0.15, -0.1) is 0 Å². The molecule has 1 aromatic carbocycles. The quantitative estimate of drug-likeness (QED) is 0.653. The van der Waals surface area contributed by atoms with Gasteiger partial charge >= 0.3 is 0 Å². The van der Waals surface area contributed by atoms with E-state index in [1.165, 1.54) is 6.92 Å². The van der Waals surface area contributed by atoms with E-state index in [1.807, 2.05) is 0 Å². The molecule has 0 aliphatic heterocycles. The third-order valence-electron chi connectivity index (χ3n) is 1.83. The first-order valence-electron chi connectivity index (χ1n) is 3.82. The second-order valence-corrected chi connectivity index (χ2v) is 5.76. The predicted molar refractivity (Wildman–Crippen MR) is 52.5 cm³/mol. The van der Waals surface area contributed by atoms with Crippen molar-refractivity contribution in [3.8, 4) is 5.75 Å². The molecule has 0 aliphatic rings. The summed E-state index contributed by atoms with van der Waals surface area (Å²) in [6.07, 6.45) is 0. The highest BCUT2D eigenvalue weighted by atomic mass is 32.2. The molecule has 0 bridgehead atoms. The van der Waals surface area contributed by atoms with Crippen molar-refractivity contribution in [3.05, 3.63) is 17.7 Å². The number of rotatable bonds is 2. The summed E-state index contributed by atoms with van der Waals surface area (Å²) in [4.78, 5) is -2.30. The molecule has 1 aromatic rings. The fraction of sp³-hybridized carbons (Fsp3) is 0.143. The molecule has 0 saturated carbocycles. The van der Waals surface area contributed by atoms with Gasteiger partial charge in [0.25, 0.3) is 20.2 Å². The van der Waals surface area contributed by atoms with Crippen LogP contribution in [0.3, 0.4) is 0 Å². The highest BCUT2D eigenvalue weighted by molar-refractivity contribution is 7.89. The van der Waals surface area contributed by atoms with Crippen molar-refractivity contribution in [2.75, 3.05) is 0 Å². The Hall–Kier alpha value is -1.16. The van der Waals surface area contributed by atoms with Crippen molar-refractivity contribution in [1.29, 1.82) is 0 Å². The Balaban J connectivity index is 3.88. The minimum absolute atomic E-state index is 0.0417. The number of phenols is 1. The summed E-state index contributed by atoms with van der Waals surface area (Å²) < 4.78 is 61.0. The van der Waals surface area contributed by atoms with E-state index in [9.17, 15) is 21.9 Å². The topological polar surface area (TPSA) is 129 Å². The molecule has 7 nitrogen and oxygen atoms in total. The first kappa shape index (κ1) is 12.9.